The van der Waals surface area contributed by atoms with E-state index in [1.165, 1.54) is 13.0 Å². The van der Waals surface area contributed by atoms with Gasteiger partial charge in [0.2, 0.25) is 5.75 Å². The van der Waals surface area contributed by atoms with E-state index in [-0.39, 0.29) is 22.3 Å². The second kappa shape index (κ2) is 7.90. The lowest BCUT2D eigenvalue weighted by atomic mass is 10.1. The van der Waals surface area contributed by atoms with Gasteiger partial charge in [-0.15, -0.1) is 0 Å². The molecule has 2 unspecified atom stereocenters. The highest BCUT2D eigenvalue weighted by Crippen LogP contribution is 2.35. The number of aryl methyl sites for hydroxylation is 2. The molecule has 27 heavy (non-hydrogen) atoms. The highest BCUT2D eigenvalue weighted by Gasteiger charge is 2.39. The molecule has 1 N–H and O–H groups in total. The van der Waals surface area contributed by atoms with Gasteiger partial charge in [0.1, 0.15) is 11.9 Å². The number of benzene rings is 1. The summed E-state index contributed by atoms with van der Waals surface area (Å²) < 4.78 is 88.2. The standard InChI is InChI=1S/C17H20F6N2OS/c1-9-6-10(2)14(27(26)8-16(18,19)20)7-13(9)25-15(12-4-5-12)24-11(3)17(21,22)23/h6-7,11-12H,4-5,8H2,1-3H3,(H,24,25). The van der Waals surface area contributed by atoms with E-state index in [2.05, 4.69) is 10.3 Å². The van der Waals surface area contributed by atoms with Gasteiger partial charge >= 0.3 is 12.4 Å². The summed E-state index contributed by atoms with van der Waals surface area (Å²) in [5.41, 5.74) is 1.22. The predicted octanol–water partition coefficient (Wildman–Crippen LogP) is 4.95. The number of nitrogens with zero attached hydrogens (tertiary/aromatic N) is 1. The molecule has 0 amide bonds. The molecule has 1 fully saturated rings. The van der Waals surface area contributed by atoms with E-state index < -0.39 is 35.3 Å². The Balaban J connectivity index is 2.35. The summed E-state index contributed by atoms with van der Waals surface area (Å²) in [6, 6.07) is 1.01. The summed E-state index contributed by atoms with van der Waals surface area (Å²) in [6.07, 6.45) is -7.66. The summed E-state index contributed by atoms with van der Waals surface area (Å²) in [4.78, 5) is 4.23. The van der Waals surface area contributed by atoms with Crippen LogP contribution in [0, 0.1) is 19.8 Å². The average molecular weight is 414 g/mol. The van der Waals surface area contributed by atoms with E-state index in [0.29, 0.717) is 24.0 Å². The zero-order valence-corrected chi connectivity index (χ0v) is 15.8. The van der Waals surface area contributed by atoms with Crippen LogP contribution < -0.4 is 5.32 Å². The van der Waals surface area contributed by atoms with Gasteiger partial charge in [0, 0.05) is 17.5 Å². The minimum atomic E-state index is -4.59. The second-order valence-electron chi connectivity index (χ2n) is 6.69. The maximum atomic E-state index is 12.8. The molecule has 1 aliphatic carbocycles. The number of hydrogen-bond donors (Lipinski definition) is 1. The fraction of sp³-hybridized carbons (Fsp3) is 0.588. The van der Waals surface area contributed by atoms with Gasteiger partial charge in [0.25, 0.3) is 0 Å². The Kier molecular flexibility index (Phi) is 6.40. The average Bonchev–Trinajstić information content (AvgIpc) is 3.30. The molecule has 0 saturated heterocycles. The van der Waals surface area contributed by atoms with Crippen LogP contribution >= 0.6 is 0 Å². The number of halogens is 6. The lowest BCUT2D eigenvalue weighted by Crippen LogP contribution is -2.43. The van der Waals surface area contributed by atoms with Crippen LogP contribution in [0.15, 0.2) is 22.0 Å². The molecule has 2 rings (SSSR count). The number of aliphatic imine (C=N–C) groups is 1. The van der Waals surface area contributed by atoms with E-state index in [4.69, 9.17) is 0 Å². The van der Waals surface area contributed by atoms with Crippen LogP contribution in [0.25, 0.3) is 0 Å². The maximum absolute atomic E-state index is 12.8. The number of hydrogen-bond acceptors (Lipinski definition) is 2. The van der Waals surface area contributed by atoms with Gasteiger partial charge in [-0.25, -0.2) is 4.99 Å². The fourth-order valence-corrected chi connectivity index (χ4v) is 3.56. The molecule has 0 aromatic heterocycles. The molecule has 0 bridgehead atoms. The van der Waals surface area contributed by atoms with Crippen molar-refractivity contribution in [1.29, 1.82) is 0 Å². The van der Waals surface area contributed by atoms with Crippen molar-refractivity contribution in [2.45, 2.75) is 56.9 Å². The van der Waals surface area contributed by atoms with Gasteiger partial charge < -0.3 is 9.87 Å². The van der Waals surface area contributed by atoms with E-state index in [1.807, 2.05) is 0 Å². The minimum absolute atomic E-state index is 0.0179. The van der Waals surface area contributed by atoms with Gasteiger partial charge in [-0.05, 0) is 56.4 Å². The van der Waals surface area contributed by atoms with Crippen molar-refractivity contribution < 1.29 is 30.9 Å². The van der Waals surface area contributed by atoms with Crippen LogP contribution in [0.2, 0.25) is 0 Å². The quantitative estimate of drug-likeness (QED) is 0.321. The highest BCUT2D eigenvalue weighted by atomic mass is 32.2. The van der Waals surface area contributed by atoms with Crippen molar-refractivity contribution in [3.63, 3.8) is 0 Å². The van der Waals surface area contributed by atoms with Crippen LogP contribution in [-0.2, 0) is 11.2 Å². The molecule has 1 aliphatic rings. The molecule has 2 atom stereocenters. The Hall–Kier alpha value is -1.42. The Bertz CT molecular complexity index is 713. The Labute approximate surface area is 156 Å². The third-order valence-corrected chi connectivity index (χ3v) is 5.61. The topological polar surface area (TPSA) is 47.5 Å². The summed E-state index contributed by atoms with van der Waals surface area (Å²) in [5.74, 6) is -1.47. The van der Waals surface area contributed by atoms with E-state index in [0.717, 1.165) is 6.92 Å². The largest absolute Gasteiger partial charge is 0.611 e. The molecule has 1 saturated carbocycles. The maximum Gasteiger partial charge on any atom is 0.433 e. The summed E-state index contributed by atoms with van der Waals surface area (Å²) in [6.45, 7) is 4.17. The van der Waals surface area contributed by atoms with Crippen molar-refractivity contribution >= 4 is 22.7 Å². The first-order valence-electron chi connectivity index (χ1n) is 8.26. The molecule has 0 spiro atoms. The molecule has 10 heteroatoms. The smallest absolute Gasteiger partial charge is 0.433 e. The van der Waals surface area contributed by atoms with Crippen LogP contribution in [0.3, 0.4) is 0 Å². The van der Waals surface area contributed by atoms with Crippen LogP contribution in [0.1, 0.15) is 30.9 Å². The van der Waals surface area contributed by atoms with Crippen LogP contribution in [-0.4, -0.2) is 34.5 Å². The van der Waals surface area contributed by atoms with Crippen molar-refractivity contribution in [3.8, 4) is 0 Å². The zero-order valence-electron chi connectivity index (χ0n) is 15.0. The third kappa shape index (κ3) is 6.31. The molecule has 1 aromatic carbocycles. The lowest BCUT2D eigenvalue weighted by Gasteiger charge is -2.20. The van der Waals surface area contributed by atoms with E-state index in [1.54, 1.807) is 13.0 Å². The molecular weight excluding hydrogens is 394 g/mol. The molecular formula is C17H20F6N2OS. The fourth-order valence-electron chi connectivity index (χ4n) is 2.45. The minimum Gasteiger partial charge on any atom is -0.611 e. The molecule has 0 heterocycles. The summed E-state index contributed by atoms with van der Waals surface area (Å²) in [7, 11) is 0. The highest BCUT2D eigenvalue weighted by molar-refractivity contribution is 7.91. The van der Waals surface area contributed by atoms with Crippen molar-refractivity contribution in [3.05, 3.63) is 23.3 Å². The Morgan fingerprint density at radius 1 is 1.19 bits per heavy atom. The summed E-state index contributed by atoms with van der Waals surface area (Å²) in [5, 5.41) is 2.37. The van der Waals surface area contributed by atoms with E-state index >= 15 is 0 Å². The van der Waals surface area contributed by atoms with Gasteiger partial charge in [0.05, 0.1) is 5.69 Å². The first-order chi connectivity index (χ1) is 12.3. The number of rotatable bonds is 5. The predicted molar refractivity (Wildman–Crippen MR) is 91.7 cm³/mol. The lowest BCUT2D eigenvalue weighted by molar-refractivity contribution is -0.147. The van der Waals surface area contributed by atoms with Crippen molar-refractivity contribution in [2.75, 3.05) is 5.75 Å². The second-order valence-corrected chi connectivity index (χ2v) is 8.11. The van der Waals surface area contributed by atoms with Crippen LogP contribution in [0.4, 0.5) is 32.0 Å². The van der Waals surface area contributed by atoms with Gasteiger partial charge in [-0.2, -0.15) is 26.3 Å². The molecule has 152 valence electrons. The first-order valence-corrected chi connectivity index (χ1v) is 9.58. The third-order valence-electron chi connectivity index (χ3n) is 4.09. The van der Waals surface area contributed by atoms with Crippen molar-refractivity contribution in [1.82, 2.24) is 5.32 Å². The Morgan fingerprint density at radius 2 is 1.78 bits per heavy atom. The van der Waals surface area contributed by atoms with Gasteiger partial charge in [-0.3, -0.25) is 0 Å². The van der Waals surface area contributed by atoms with Crippen LogP contribution in [0.5, 0.6) is 0 Å². The normalized spacial score (nSPS) is 18.4. The molecule has 0 aliphatic heterocycles. The number of nitrogens with one attached hydrogen (secondary N) is 1. The van der Waals surface area contributed by atoms with Crippen molar-refractivity contribution in [2.24, 2.45) is 10.9 Å². The molecule has 1 aromatic rings. The Morgan fingerprint density at radius 3 is 2.26 bits per heavy atom. The SMILES string of the molecule is Cc1cc(C)c([S+]([O-])CC(F)(F)F)cc1/N=C(\NC(C)C(F)(F)F)C1CC1. The van der Waals surface area contributed by atoms with Gasteiger partial charge in [-0.1, -0.05) is 0 Å². The number of amidine groups is 1. The molecule has 3 nitrogen and oxygen atoms in total. The van der Waals surface area contributed by atoms with Gasteiger partial charge in [0.15, 0.2) is 4.90 Å². The summed E-state index contributed by atoms with van der Waals surface area (Å²) >= 11 is -2.31. The monoisotopic (exact) mass is 414 g/mol. The van der Waals surface area contributed by atoms with E-state index in [9.17, 15) is 30.9 Å². The zero-order chi connectivity index (χ0) is 20.6. The molecule has 0 radical (unpaired) electrons. The first kappa shape index (κ1) is 21.9. The number of alkyl halides is 6.